The van der Waals surface area contributed by atoms with E-state index in [9.17, 15) is 28.0 Å². The van der Waals surface area contributed by atoms with E-state index in [1.807, 2.05) is 0 Å². The molecule has 0 aromatic heterocycles. The van der Waals surface area contributed by atoms with Crippen molar-refractivity contribution in [2.75, 3.05) is 5.32 Å². The van der Waals surface area contributed by atoms with Crippen LogP contribution in [0.15, 0.2) is 82.8 Å². The molecule has 0 heterocycles. The van der Waals surface area contributed by atoms with Crippen LogP contribution < -0.4 is 10.1 Å². The molecule has 0 radical (unpaired) electrons. The number of nitrogens with one attached hydrogen (secondary N) is 1. The maximum atomic E-state index is 13.1. The number of nitrogens with zero attached hydrogens (tertiary/aromatic N) is 1. The molecule has 0 atom stereocenters. The van der Waals surface area contributed by atoms with Crippen LogP contribution in [-0.4, -0.2) is 11.9 Å². The molecule has 1 N–H and O–H groups in total. The van der Waals surface area contributed by atoms with Gasteiger partial charge in [-0.15, -0.1) is 0 Å². The van der Waals surface area contributed by atoms with Crippen LogP contribution >= 0.6 is 15.9 Å². The molecule has 9 heteroatoms. The van der Waals surface area contributed by atoms with Crippen molar-refractivity contribution in [1.82, 2.24) is 0 Å². The summed E-state index contributed by atoms with van der Waals surface area (Å²) in [6, 6.07) is 18.7. The maximum Gasteiger partial charge on any atom is 0.418 e. The SMILES string of the molecule is N#C/C(=C/c1ccc(OC(=O)c2ccc(Br)cc2)cc1)C(=O)Nc1ccccc1C(F)(F)F. The largest absolute Gasteiger partial charge is 0.423 e. The third kappa shape index (κ3) is 6.30. The van der Waals surface area contributed by atoms with Gasteiger partial charge in [0.15, 0.2) is 0 Å². The molecule has 0 unspecified atom stereocenters. The zero-order chi connectivity index (χ0) is 24.0. The Morgan fingerprint density at radius 3 is 2.21 bits per heavy atom. The molecule has 3 rings (SSSR count). The molecular formula is C24H14BrF3N2O3. The Morgan fingerprint density at radius 1 is 0.970 bits per heavy atom. The number of alkyl halides is 3. The third-order valence-corrected chi connectivity index (χ3v) is 4.86. The number of rotatable bonds is 5. The second-order valence-corrected chi connectivity index (χ2v) is 7.55. The lowest BCUT2D eigenvalue weighted by atomic mass is 10.1. The highest BCUT2D eigenvalue weighted by Crippen LogP contribution is 2.34. The van der Waals surface area contributed by atoms with E-state index in [2.05, 4.69) is 21.2 Å². The van der Waals surface area contributed by atoms with Crippen LogP contribution in [0.25, 0.3) is 6.08 Å². The molecule has 0 saturated carbocycles. The normalized spacial score (nSPS) is 11.4. The molecule has 0 aliphatic carbocycles. The molecule has 0 aliphatic heterocycles. The van der Waals surface area contributed by atoms with E-state index < -0.39 is 34.9 Å². The van der Waals surface area contributed by atoms with Crippen molar-refractivity contribution >= 4 is 39.6 Å². The van der Waals surface area contributed by atoms with Crippen LogP contribution in [-0.2, 0) is 11.0 Å². The maximum absolute atomic E-state index is 13.1. The van der Waals surface area contributed by atoms with Gasteiger partial charge in [-0.25, -0.2) is 4.79 Å². The monoisotopic (exact) mass is 514 g/mol. The van der Waals surface area contributed by atoms with Gasteiger partial charge in [-0.05, 0) is 60.2 Å². The minimum Gasteiger partial charge on any atom is -0.423 e. The summed E-state index contributed by atoms with van der Waals surface area (Å²) in [7, 11) is 0. The predicted octanol–water partition coefficient (Wildman–Crippen LogP) is 6.23. The first-order chi connectivity index (χ1) is 15.7. The van der Waals surface area contributed by atoms with Gasteiger partial charge in [0.1, 0.15) is 17.4 Å². The van der Waals surface area contributed by atoms with Gasteiger partial charge in [-0.2, -0.15) is 18.4 Å². The summed E-state index contributed by atoms with van der Waals surface area (Å²) in [5.41, 5.74) is -1.11. The number of hydrogen-bond acceptors (Lipinski definition) is 4. The number of para-hydroxylation sites is 1. The number of carbonyl (C=O) groups excluding carboxylic acids is 2. The van der Waals surface area contributed by atoms with Crippen LogP contribution in [0, 0.1) is 11.3 Å². The molecule has 1 amide bonds. The second kappa shape index (κ2) is 10.1. The summed E-state index contributed by atoms with van der Waals surface area (Å²) in [5, 5.41) is 11.4. The van der Waals surface area contributed by atoms with E-state index in [-0.39, 0.29) is 5.75 Å². The van der Waals surface area contributed by atoms with Crippen molar-refractivity contribution in [1.29, 1.82) is 5.26 Å². The first-order valence-electron chi connectivity index (χ1n) is 9.34. The number of ether oxygens (including phenoxy) is 1. The first kappa shape index (κ1) is 23.8. The highest BCUT2D eigenvalue weighted by atomic mass is 79.9. The molecule has 0 bridgehead atoms. The van der Waals surface area contributed by atoms with Gasteiger partial charge in [0.25, 0.3) is 5.91 Å². The Labute approximate surface area is 195 Å². The van der Waals surface area contributed by atoms with Crippen molar-refractivity contribution in [3.63, 3.8) is 0 Å². The van der Waals surface area contributed by atoms with Crippen molar-refractivity contribution in [3.05, 3.63) is 99.5 Å². The molecule has 5 nitrogen and oxygen atoms in total. The topological polar surface area (TPSA) is 79.2 Å². The number of carbonyl (C=O) groups is 2. The number of halogens is 4. The minimum atomic E-state index is -4.66. The number of anilines is 1. The van der Waals surface area contributed by atoms with Crippen molar-refractivity contribution in [3.8, 4) is 11.8 Å². The van der Waals surface area contributed by atoms with E-state index in [0.29, 0.717) is 11.1 Å². The lowest BCUT2D eigenvalue weighted by Gasteiger charge is -2.13. The van der Waals surface area contributed by atoms with Gasteiger partial charge >= 0.3 is 12.1 Å². The van der Waals surface area contributed by atoms with Crippen molar-refractivity contribution in [2.45, 2.75) is 6.18 Å². The van der Waals surface area contributed by atoms with Crippen molar-refractivity contribution < 1.29 is 27.5 Å². The van der Waals surface area contributed by atoms with Crippen molar-refractivity contribution in [2.24, 2.45) is 0 Å². The number of amides is 1. The fraction of sp³-hybridized carbons (Fsp3) is 0.0417. The highest BCUT2D eigenvalue weighted by molar-refractivity contribution is 9.10. The van der Waals surface area contributed by atoms with Crippen LogP contribution in [0.1, 0.15) is 21.5 Å². The standard InChI is InChI=1S/C24H14BrF3N2O3/c25-18-9-7-16(8-10-18)23(32)33-19-11-5-15(6-12-19)13-17(14-29)22(31)30-21-4-2-1-3-20(21)24(26,27)28/h1-13H,(H,30,31)/b17-13-. The Kier molecular flexibility index (Phi) is 7.30. The summed E-state index contributed by atoms with van der Waals surface area (Å²) in [6.45, 7) is 0. The lowest BCUT2D eigenvalue weighted by Crippen LogP contribution is -2.17. The fourth-order valence-corrected chi connectivity index (χ4v) is 2.99. The number of hydrogen-bond donors (Lipinski definition) is 1. The van der Waals surface area contributed by atoms with Crippen LogP contribution in [0.3, 0.4) is 0 Å². The van der Waals surface area contributed by atoms with E-state index in [4.69, 9.17) is 4.74 Å². The predicted molar refractivity (Wildman–Crippen MR) is 119 cm³/mol. The molecule has 0 fully saturated rings. The molecule has 166 valence electrons. The van der Waals surface area contributed by atoms with Gasteiger partial charge in [0.05, 0.1) is 16.8 Å². The van der Waals surface area contributed by atoms with Crippen LogP contribution in [0.5, 0.6) is 5.75 Å². The molecular weight excluding hydrogens is 501 g/mol. The van der Waals surface area contributed by atoms with Gasteiger partial charge in [-0.1, -0.05) is 40.2 Å². The quantitative estimate of drug-likeness (QED) is 0.189. The molecule has 0 spiro atoms. The number of benzene rings is 3. The average Bonchev–Trinajstić information content (AvgIpc) is 2.78. The summed E-state index contributed by atoms with van der Waals surface area (Å²) in [5.74, 6) is -1.31. The van der Waals surface area contributed by atoms with E-state index in [1.165, 1.54) is 42.5 Å². The first-order valence-corrected chi connectivity index (χ1v) is 10.1. The zero-order valence-electron chi connectivity index (χ0n) is 16.7. The summed E-state index contributed by atoms with van der Waals surface area (Å²) >= 11 is 3.28. The van der Waals surface area contributed by atoms with Gasteiger partial charge < -0.3 is 10.1 Å². The number of nitriles is 1. The van der Waals surface area contributed by atoms with E-state index >= 15 is 0 Å². The molecule has 0 saturated heterocycles. The minimum absolute atomic E-state index is 0.238. The van der Waals surface area contributed by atoms with E-state index in [0.717, 1.165) is 16.6 Å². The zero-order valence-corrected chi connectivity index (χ0v) is 18.3. The Morgan fingerprint density at radius 2 is 1.61 bits per heavy atom. The second-order valence-electron chi connectivity index (χ2n) is 6.63. The Bertz CT molecular complexity index is 1250. The Hall–Kier alpha value is -3.90. The van der Waals surface area contributed by atoms with Gasteiger partial charge in [0.2, 0.25) is 0 Å². The third-order valence-electron chi connectivity index (χ3n) is 4.33. The Balaban J connectivity index is 1.73. The molecule has 3 aromatic carbocycles. The lowest BCUT2D eigenvalue weighted by molar-refractivity contribution is -0.137. The molecule has 3 aromatic rings. The summed E-state index contributed by atoms with van der Waals surface area (Å²) in [4.78, 5) is 24.5. The molecule has 33 heavy (non-hydrogen) atoms. The average molecular weight is 515 g/mol. The van der Waals surface area contributed by atoms with Crippen LogP contribution in [0.4, 0.5) is 18.9 Å². The van der Waals surface area contributed by atoms with Gasteiger partial charge in [0, 0.05) is 4.47 Å². The fourth-order valence-electron chi connectivity index (χ4n) is 2.73. The number of esters is 1. The summed E-state index contributed by atoms with van der Waals surface area (Å²) in [6.07, 6.45) is -3.45. The van der Waals surface area contributed by atoms with Crippen LogP contribution in [0.2, 0.25) is 0 Å². The summed E-state index contributed by atoms with van der Waals surface area (Å²) < 4.78 is 45.4. The van der Waals surface area contributed by atoms with E-state index in [1.54, 1.807) is 30.3 Å². The smallest absolute Gasteiger partial charge is 0.418 e. The van der Waals surface area contributed by atoms with Gasteiger partial charge in [-0.3, -0.25) is 4.79 Å². The molecule has 0 aliphatic rings. The highest BCUT2D eigenvalue weighted by Gasteiger charge is 2.33.